The Morgan fingerprint density at radius 1 is 1.26 bits per heavy atom. The summed E-state index contributed by atoms with van der Waals surface area (Å²) in [7, 11) is 0. The minimum absolute atomic E-state index is 0.169. The van der Waals surface area contributed by atoms with E-state index in [0.29, 0.717) is 17.2 Å². The van der Waals surface area contributed by atoms with E-state index in [0.717, 1.165) is 15.4 Å². The van der Waals surface area contributed by atoms with Crippen LogP contribution in [0.5, 0.6) is 0 Å². The zero-order chi connectivity index (χ0) is 16.8. The first-order valence-electron chi connectivity index (χ1n) is 7.23. The largest absolute Gasteiger partial charge is 0.451 e. The highest BCUT2D eigenvalue weighted by Crippen LogP contribution is 2.29. The number of aromatic nitrogens is 1. The third-order valence-electron chi connectivity index (χ3n) is 3.60. The third kappa shape index (κ3) is 3.03. The topological polar surface area (TPSA) is 68.3 Å². The number of amides is 1. The van der Waals surface area contributed by atoms with E-state index in [1.54, 1.807) is 6.07 Å². The number of nitrogens with zero attached hydrogens (tertiary/aromatic N) is 1. The van der Waals surface area contributed by atoms with Crippen molar-refractivity contribution in [2.24, 2.45) is 0 Å². The lowest BCUT2D eigenvalue weighted by Gasteiger charge is -2.11. The minimum atomic E-state index is -0.344. The summed E-state index contributed by atoms with van der Waals surface area (Å²) < 4.78 is 11.9. The zero-order valence-corrected chi connectivity index (χ0v) is 14.9. The summed E-state index contributed by atoms with van der Waals surface area (Å²) in [5, 5.41) is 7.51. The number of aryl methyl sites for hydroxylation is 1. The summed E-state index contributed by atoms with van der Waals surface area (Å²) >= 11 is 3.42. The molecule has 3 rings (SSSR count). The highest BCUT2D eigenvalue weighted by Gasteiger charge is 2.22. The van der Waals surface area contributed by atoms with Gasteiger partial charge in [0.1, 0.15) is 11.3 Å². The van der Waals surface area contributed by atoms with Gasteiger partial charge in [-0.2, -0.15) is 0 Å². The molecule has 0 radical (unpaired) electrons. The molecule has 5 nitrogen and oxygen atoms in total. The van der Waals surface area contributed by atoms with Crippen molar-refractivity contribution in [2.45, 2.75) is 33.1 Å². The number of rotatable bonds is 2. The van der Waals surface area contributed by atoms with Crippen molar-refractivity contribution in [2.75, 3.05) is 5.32 Å². The van der Waals surface area contributed by atoms with Gasteiger partial charge in [0.15, 0.2) is 11.6 Å². The second kappa shape index (κ2) is 5.53. The van der Waals surface area contributed by atoms with E-state index in [1.165, 1.54) is 0 Å². The molecule has 1 amide bonds. The minimum Gasteiger partial charge on any atom is -0.451 e. The lowest BCUT2D eigenvalue weighted by molar-refractivity contribution is 0.0997. The molecular weight excluding hydrogens is 360 g/mol. The van der Waals surface area contributed by atoms with E-state index in [2.05, 4.69) is 26.4 Å². The van der Waals surface area contributed by atoms with Gasteiger partial charge in [-0.15, -0.1) is 0 Å². The molecule has 0 atom stereocenters. The van der Waals surface area contributed by atoms with Crippen LogP contribution in [0, 0.1) is 6.92 Å². The van der Waals surface area contributed by atoms with Gasteiger partial charge in [0, 0.05) is 26.9 Å². The Morgan fingerprint density at radius 3 is 2.65 bits per heavy atom. The van der Waals surface area contributed by atoms with Crippen LogP contribution in [0.2, 0.25) is 0 Å². The van der Waals surface area contributed by atoms with Crippen molar-refractivity contribution in [1.29, 1.82) is 0 Å². The van der Waals surface area contributed by atoms with Gasteiger partial charge in [-0.05, 0) is 25.1 Å². The van der Waals surface area contributed by atoms with E-state index >= 15 is 0 Å². The van der Waals surface area contributed by atoms with Crippen molar-refractivity contribution >= 4 is 38.6 Å². The standard InChI is InChI=1S/C17H17BrN2O3/c1-9-11-7-10(18)5-6-12(11)22-15(9)16(21)19-14-8-13(23-20-14)17(2,3)4/h5-8H,1-4H3,(H,19,20,21). The second-order valence-corrected chi connectivity index (χ2v) is 7.39. The quantitative estimate of drug-likeness (QED) is 0.679. The number of benzene rings is 1. The number of carbonyl (C=O) groups excluding carboxylic acids is 1. The predicted octanol–water partition coefficient (Wildman–Crippen LogP) is 5.04. The van der Waals surface area contributed by atoms with E-state index in [-0.39, 0.29) is 17.1 Å². The number of fused-ring (bicyclic) bond motifs is 1. The number of anilines is 1. The predicted molar refractivity (Wildman–Crippen MR) is 91.8 cm³/mol. The van der Waals surface area contributed by atoms with Gasteiger partial charge in [0.25, 0.3) is 5.91 Å². The number of carbonyl (C=O) groups is 1. The highest BCUT2D eigenvalue weighted by molar-refractivity contribution is 9.10. The molecule has 0 saturated heterocycles. The maximum absolute atomic E-state index is 12.5. The van der Waals surface area contributed by atoms with Gasteiger partial charge in [-0.3, -0.25) is 4.79 Å². The summed E-state index contributed by atoms with van der Waals surface area (Å²) in [6.07, 6.45) is 0. The fourth-order valence-corrected chi connectivity index (χ4v) is 2.63. The Morgan fingerprint density at radius 2 is 2.00 bits per heavy atom. The summed E-state index contributed by atoms with van der Waals surface area (Å²) in [6, 6.07) is 7.36. The zero-order valence-electron chi connectivity index (χ0n) is 13.4. The molecule has 23 heavy (non-hydrogen) atoms. The first-order chi connectivity index (χ1) is 10.8. The van der Waals surface area contributed by atoms with Crippen LogP contribution in [0.15, 0.2) is 37.7 Å². The van der Waals surface area contributed by atoms with Gasteiger partial charge in [-0.1, -0.05) is 41.9 Å². The molecule has 0 aliphatic rings. The average Bonchev–Trinajstić information content (AvgIpc) is 3.04. The Kier molecular flexibility index (Phi) is 3.80. The lowest BCUT2D eigenvalue weighted by atomic mass is 9.93. The molecule has 0 unspecified atom stereocenters. The molecule has 0 bridgehead atoms. The number of hydrogen-bond acceptors (Lipinski definition) is 4. The molecule has 1 aromatic carbocycles. The van der Waals surface area contributed by atoms with Gasteiger partial charge in [0.2, 0.25) is 0 Å². The molecule has 120 valence electrons. The number of hydrogen-bond donors (Lipinski definition) is 1. The fraction of sp³-hybridized carbons (Fsp3) is 0.294. The summed E-state index contributed by atoms with van der Waals surface area (Å²) in [4.78, 5) is 12.5. The summed E-state index contributed by atoms with van der Waals surface area (Å²) in [5.74, 6) is 1.01. The number of halogens is 1. The van der Waals surface area contributed by atoms with Crippen molar-refractivity contribution in [3.63, 3.8) is 0 Å². The van der Waals surface area contributed by atoms with E-state index in [1.807, 2.05) is 45.9 Å². The Bertz CT molecular complexity index is 887. The van der Waals surface area contributed by atoms with Gasteiger partial charge >= 0.3 is 0 Å². The monoisotopic (exact) mass is 376 g/mol. The van der Waals surface area contributed by atoms with Crippen molar-refractivity contribution in [1.82, 2.24) is 5.16 Å². The van der Waals surface area contributed by atoms with Crippen LogP contribution >= 0.6 is 15.9 Å². The summed E-state index contributed by atoms with van der Waals surface area (Å²) in [6.45, 7) is 7.90. The van der Waals surface area contributed by atoms with Gasteiger partial charge < -0.3 is 14.3 Å². The molecule has 0 spiro atoms. The number of furan rings is 1. The first-order valence-corrected chi connectivity index (χ1v) is 8.02. The maximum Gasteiger partial charge on any atom is 0.292 e. The Balaban J connectivity index is 1.89. The molecule has 1 N–H and O–H groups in total. The van der Waals surface area contributed by atoms with Gasteiger partial charge in [0.05, 0.1) is 0 Å². The molecule has 0 saturated carbocycles. The molecule has 2 aromatic heterocycles. The van der Waals surface area contributed by atoms with Crippen LogP contribution in [-0.2, 0) is 5.41 Å². The van der Waals surface area contributed by atoms with Crippen LogP contribution in [0.3, 0.4) is 0 Å². The van der Waals surface area contributed by atoms with Gasteiger partial charge in [-0.25, -0.2) is 0 Å². The Hall–Kier alpha value is -2.08. The molecular formula is C17H17BrN2O3. The smallest absolute Gasteiger partial charge is 0.292 e. The lowest BCUT2D eigenvalue weighted by Crippen LogP contribution is -2.12. The van der Waals surface area contributed by atoms with Crippen LogP contribution in [0.1, 0.15) is 42.6 Å². The normalized spacial score (nSPS) is 11.9. The second-order valence-electron chi connectivity index (χ2n) is 6.48. The SMILES string of the molecule is Cc1c(C(=O)Nc2cc(C(C)(C)C)on2)oc2ccc(Br)cc12. The van der Waals surface area contributed by atoms with Crippen molar-refractivity contribution < 1.29 is 13.7 Å². The van der Waals surface area contributed by atoms with Crippen LogP contribution in [0.4, 0.5) is 5.82 Å². The van der Waals surface area contributed by atoms with E-state index < -0.39 is 0 Å². The van der Waals surface area contributed by atoms with Crippen molar-refractivity contribution in [3.8, 4) is 0 Å². The third-order valence-corrected chi connectivity index (χ3v) is 4.09. The van der Waals surface area contributed by atoms with Crippen LogP contribution in [-0.4, -0.2) is 11.1 Å². The highest BCUT2D eigenvalue weighted by atomic mass is 79.9. The molecule has 0 fully saturated rings. The molecule has 3 aromatic rings. The Labute approximate surface area is 142 Å². The molecule has 6 heteroatoms. The van der Waals surface area contributed by atoms with Crippen molar-refractivity contribution in [3.05, 3.63) is 45.8 Å². The van der Waals surface area contributed by atoms with E-state index in [9.17, 15) is 4.79 Å². The summed E-state index contributed by atoms with van der Waals surface area (Å²) in [5.41, 5.74) is 1.29. The maximum atomic E-state index is 12.5. The van der Waals surface area contributed by atoms with E-state index in [4.69, 9.17) is 8.94 Å². The fourth-order valence-electron chi connectivity index (χ4n) is 2.27. The van der Waals surface area contributed by atoms with Crippen LogP contribution in [0.25, 0.3) is 11.0 Å². The first kappa shape index (κ1) is 15.8. The van der Waals surface area contributed by atoms with Crippen LogP contribution < -0.4 is 5.32 Å². The molecule has 0 aliphatic heterocycles. The average molecular weight is 377 g/mol. The number of nitrogens with one attached hydrogen (secondary N) is 1. The molecule has 2 heterocycles. The molecule has 0 aliphatic carbocycles.